The van der Waals surface area contributed by atoms with Crippen LogP contribution in [0, 0.1) is 5.82 Å². The van der Waals surface area contributed by atoms with E-state index in [2.05, 4.69) is 9.80 Å². The van der Waals surface area contributed by atoms with E-state index >= 15 is 0 Å². The van der Waals surface area contributed by atoms with Crippen LogP contribution in [0.5, 0.6) is 0 Å². The minimum Gasteiger partial charge on any atom is -0.368 e. The van der Waals surface area contributed by atoms with Crippen molar-refractivity contribution in [1.29, 1.82) is 0 Å². The van der Waals surface area contributed by atoms with E-state index in [1.807, 2.05) is 29.2 Å². The molecule has 2 aliphatic rings. The van der Waals surface area contributed by atoms with Crippen LogP contribution in [0.25, 0.3) is 0 Å². The molecule has 0 aromatic heterocycles. The third-order valence-corrected chi connectivity index (χ3v) is 7.44. The lowest BCUT2D eigenvalue weighted by molar-refractivity contribution is 0.0746. The molecule has 1 amide bonds. The van der Waals surface area contributed by atoms with Crippen molar-refractivity contribution in [2.45, 2.75) is 6.54 Å². The summed E-state index contributed by atoms with van der Waals surface area (Å²) in [6.45, 7) is 5.70. The molecule has 2 aliphatic heterocycles. The summed E-state index contributed by atoms with van der Waals surface area (Å²) in [7, 11) is -3.14. The number of anilines is 1. The van der Waals surface area contributed by atoms with Crippen LogP contribution in [0.4, 0.5) is 10.1 Å². The molecule has 0 N–H and O–H groups in total. The van der Waals surface area contributed by atoms with Crippen LogP contribution < -0.4 is 4.90 Å². The van der Waals surface area contributed by atoms with Gasteiger partial charge in [0, 0.05) is 70.2 Å². The standard InChI is InChI=1S/C23H29FN4O3S/c1-32(30,31)28-15-9-25(10-16-28)18-19-3-2-4-20(17-19)23(29)27-13-11-26(12-14-27)22-7-5-21(24)6-8-22/h2-8,17H,9-16,18H2,1H3. The second kappa shape index (κ2) is 9.56. The topological polar surface area (TPSA) is 64.2 Å². The third-order valence-electron chi connectivity index (χ3n) is 6.14. The first-order valence-electron chi connectivity index (χ1n) is 10.9. The summed E-state index contributed by atoms with van der Waals surface area (Å²) in [4.78, 5) is 19.3. The maximum Gasteiger partial charge on any atom is 0.253 e. The lowest BCUT2D eigenvalue weighted by Crippen LogP contribution is -2.49. The summed E-state index contributed by atoms with van der Waals surface area (Å²) in [5.74, 6) is -0.229. The van der Waals surface area contributed by atoms with Crippen molar-refractivity contribution in [3.63, 3.8) is 0 Å². The van der Waals surface area contributed by atoms with Crippen LogP contribution in [0.15, 0.2) is 48.5 Å². The average molecular weight is 461 g/mol. The lowest BCUT2D eigenvalue weighted by atomic mass is 10.1. The number of carbonyl (C=O) groups excluding carboxylic acids is 1. The van der Waals surface area contributed by atoms with E-state index in [9.17, 15) is 17.6 Å². The number of rotatable bonds is 5. The van der Waals surface area contributed by atoms with Gasteiger partial charge in [0.05, 0.1) is 6.26 Å². The van der Waals surface area contributed by atoms with E-state index in [1.54, 1.807) is 12.1 Å². The van der Waals surface area contributed by atoms with Gasteiger partial charge in [-0.3, -0.25) is 9.69 Å². The van der Waals surface area contributed by atoms with Crippen LogP contribution in [0.3, 0.4) is 0 Å². The minimum atomic E-state index is -3.14. The predicted octanol–water partition coefficient (Wildman–Crippen LogP) is 1.87. The largest absolute Gasteiger partial charge is 0.368 e. The van der Waals surface area contributed by atoms with Gasteiger partial charge in [0.15, 0.2) is 0 Å². The SMILES string of the molecule is CS(=O)(=O)N1CCN(Cc2cccc(C(=O)N3CCN(c4ccc(F)cc4)CC3)c2)CC1. The summed E-state index contributed by atoms with van der Waals surface area (Å²) in [6.07, 6.45) is 1.25. The van der Waals surface area contributed by atoms with Crippen molar-refractivity contribution in [3.05, 3.63) is 65.5 Å². The van der Waals surface area contributed by atoms with Crippen molar-refractivity contribution in [2.24, 2.45) is 0 Å². The number of hydrogen-bond donors (Lipinski definition) is 0. The molecule has 4 rings (SSSR count). The van der Waals surface area contributed by atoms with Gasteiger partial charge in [-0.25, -0.2) is 12.8 Å². The summed E-state index contributed by atoms with van der Waals surface area (Å²) >= 11 is 0. The lowest BCUT2D eigenvalue weighted by Gasteiger charge is -2.36. The molecular weight excluding hydrogens is 431 g/mol. The highest BCUT2D eigenvalue weighted by molar-refractivity contribution is 7.88. The predicted molar refractivity (Wildman–Crippen MR) is 123 cm³/mol. The highest BCUT2D eigenvalue weighted by Gasteiger charge is 2.25. The third kappa shape index (κ3) is 5.46. The number of piperazine rings is 2. The molecule has 172 valence electrons. The van der Waals surface area contributed by atoms with Crippen molar-refractivity contribution in [1.82, 2.24) is 14.1 Å². The Kier molecular flexibility index (Phi) is 6.78. The molecular formula is C23H29FN4O3S. The second-order valence-corrected chi connectivity index (χ2v) is 10.4. The van der Waals surface area contributed by atoms with Gasteiger partial charge in [-0.2, -0.15) is 4.31 Å². The smallest absolute Gasteiger partial charge is 0.253 e. The number of benzene rings is 2. The van der Waals surface area contributed by atoms with Crippen LogP contribution in [-0.2, 0) is 16.6 Å². The highest BCUT2D eigenvalue weighted by Crippen LogP contribution is 2.19. The summed E-state index contributed by atoms with van der Waals surface area (Å²) in [5.41, 5.74) is 2.69. The number of amides is 1. The van der Waals surface area contributed by atoms with Crippen LogP contribution in [0.2, 0.25) is 0 Å². The molecule has 2 fully saturated rings. The molecule has 0 bridgehead atoms. The van der Waals surface area contributed by atoms with E-state index in [0.717, 1.165) is 11.3 Å². The quantitative estimate of drug-likeness (QED) is 0.682. The maximum atomic E-state index is 13.2. The van der Waals surface area contributed by atoms with Gasteiger partial charge in [-0.05, 0) is 42.0 Å². The van der Waals surface area contributed by atoms with Crippen LogP contribution >= 0.6 is 0 Å². The van der Waals surface area contributed by atoms with Gasteiger partial charge in [0.2, 0.25) is 10.0 Å². The van der Waals surface area contributed by atoms with Crippen molar-refractivity contribution < 1.29 is 17.6 Å². The molecule has 7 nitrogen and oxygen atoms in total. The number of hydrogen-bond acceptors (Lipinski definition) is 5. The first-order valence-corrected chi connectivity index (χ1v) is 12.7. The maximum absolute atomic E-state index is 13.2. The van der Waals surface area contributed by atoms with Gasteiger partial charge in [0.1, 0.15) is 5.82 Å². The van der Waals surface area contributed by atoms with E-state index in [4.69, 9.17) is 0 Å². The van der Waals surface area contributed by atoms with E-state index in [1.165, 1.54) is 22.7 Å². The molecule has 0 unspecified atom stereocenters. The Bertz CT molecular complexity index is 1050. The molecule has 0 radical (unpaired) electrons. The minimum absolute atomic E-state index is 0.0208. The van der Waals surface area contributed by atoms with E-state index < -0.39 is 10.0 Å². The zero-order valence-electron chi connectivity index (χ0n) is 18.3. The molecule has 0 atom stereocenters. The number of carbonyl (C=O) groups is 1. The molecule has 32 heavy (non-hydrogen) atoms. The zero-order chi connectivity index (χ0) is 22.7. The van der Waals surface area contributed by atoms with Crippen molar-refractivity contribution >= 4 is 21.6 Å². The Labute approximate surface area is 189 Å². The van der Waals surface area contributed by atoms with Gasteiger partial charge >= 0.3 is 0 Å². The second-order valence-electron chi connectivity index (χ2n) is 8.39. The van der Waals surface area contributed by atoms with E-state index in [0.29, 0.717) is 64.5 Å². The number of halogens is 1. The van der Waals surface area contributed by atoms with Crippen LogP contribution in [-0.4, -0.2) is 87.0 Å². The fraction of sp³-hybridized carbons (Fsp3) is 0.435. The molecule has 2 saturated heterocycles. The highest BCUT2D eigenvalue weighted by atomic mass is 32.2. The molecule has 0 saturated carbocycles. The zero-order valence-corrected chi connectivity index (χ0v) is 19.1. The monoisotopic (exact) mass is 460 g/mol. The summed E-state index contributed by atoms with van der Waals surface area (Å²) in [5, 5.41) is 0. The summed E-state index contributed by atoms with van der Waals surface area (Å²) in [6, 6.07) is 14.2. The molecule has 2 aromatic carbocycles. The van der Waals surface area contributed by atoms with Crippen molar-refractivity contribution in [2.75, 3.05) is 63.5 Å². The van der Waals surface area contributed by atoms with Gasteiger partial charge < -0.3 is 9.80 Å². The number of nitrogens with zero attached hydrogens (tertiary/aromatic N) is 4. The molecule has 9 heteroatoms. The first kappa shape index (κ1) is 22.7. The Morgan fingerprint density at radius 2 is 1.56 bits per heavy atom. The Morgan fingerprint density at radius 1 is 0.906 bits per heavy atom. The average Bonchev–Trinajstić information content (AvgIpc) is 2.79. The Hall–Kier alpha value is -2.49. The number of sulfonamides is 1. The molecule has 2 heterocycles. The first-order chi connectivity index (χ1) is 15.3. The van der Waals surface area contributed by atoms with Gasteiger partial charge in [0.25, 0.3) is 5.91 Å². The fourth-order valence-corrected chi connectivity index (χ4v) is 5.11. The van der Waals surface area contributed by atoms with Gasteiger partial charge in [-0.1, -0.05) is 12.1 Å². The molecule has 2 aromatic rings. The Morgan fingerprint density at radius 3 is 2.19 bits per heavy atom. The molecule has 0 aliphatic carbocycles. The summed E-state index contributed by atoms with van der Waals surface area (Å²) < 4.78 is 38.0. The van der Waals surface area contributed by atoms with Crippen molar-refractivity contribution in [3.8, 4) is 0 Å². The van der Waals surface area contributed by atoms with Crippen LogP contribution in [0.1, 0.15) is 15.9 Å². The van der Waals surface area contributed by atoms with Gasteiger partial charge in [-0.15, -0.1) is 0 Å². The Balaban J connectivity index is 1.32. The fourth-order valence-electron chi connectivity index (χ4n) is 4.28. The normalized spacial score (nSPS) is 18.7. The van der Waals surface area contributed by atoms with E-state index in [-0.39, 0.29) is 11.7 Å². The molecule has 0 spiro atoms.